The molecule has 2 aromatic rings. The van der Waals surface area contributed by atoms with Crippen LogP contribution in [0, 0.1) is 0 Å². The fourth-order valence-corrected chi connectivity index (χ4v) is 2.38. The Morgan fingerprint density at radius 1 is 1.15 bits per heavy atom. The highest BCUT2D eigenvalue weighted by atomic mass is 35.5. The van der Waals surface area contributed by atoms with Crippen molar-refractivity contribution < 1.29 is 4.79 Å². The lowest BCUT2D eigenvalue weighted by atomic mass is 10.1. The largest absolute Gasteiger partial charge is 0.378 e. The number of rotatable bonds is 4. The van der Waals surface area contributed by atoms with Crippen LogP contribution in [-0.4, -0.2) is 5.91 Å². The first-order valence-corrected chi connectivity index (χ1v) is 6.85. The number of amides is 1. The van der Waals surface area contributed by atoms with Gasteiger partial charge in [-0.1, -0.05) is 35.3 Å². The fourth-order valence-electron chi connectivity index (χ4n) is 1.91. The first kappa shape index (κ1) is 14.7. The predicted molar refractivity (Wildman–Crippen MR) is 83.5 cm³/mol. The van der Waals surface area contributed by atoms with Gasteiger partial charge in [0.1, 0.15) is 0 Å². The van der Waals surface area contributed by atoms with E-state index in [1.807, 2.05) is 19.1 Å². The molecule has 104 valence electrons. The highest BCUT2D eigenvalue weighted by Gasteiger charge is 2.11. The summed E-state index contributed by atoms with van der Waals surface area (Å²) < 4.78 is 0. The van der Waals surface area contributed by atoms with E-state index in [1.54, 1.807) is 30.3 Å². The van der Waals surface area contributed by atoms with Crippen molar-refractivity contribution in [1.82, 2.24) is 0 Å². The molecule has 0 aromatic heterocycles. The second-order valence-corrected chi connectivity index (χ2v) is 5.24. The topological polar surface area (TPSA) is 55.1 Å². The van der Waals surface area contributed by atoms with Gasteiger partial charge >= 0.3 is 0 Å². The molecule has 2 aromatic carbocycles. The molecule has 0 aliphatic rings. The van der Waals surface area contributed by atoms with Gasteiger partial charge in [-0.2, -0.15) is 0 Å². The van der Waals surface area contributed by atoms with Crippen LogP contribution < -0.4 is 11.1 Å². The third-order valence-electron chi connectivity index (χ3n) is 3.00. The molecule has 20 heavy (non-hydrogen) atoms. The summed E-state index contributed by atoms with van der Waals surface area (Å²) in [6, 6.07) is 12.5. The number of anilines is 1. The Kier molecular flexibility index (Phi) is 4.53. The van der Waals surface area contributed by atoms with Crippen molar-refractivity contribution in [3.8, 4) is 0 Å². The number of primary amides is 1. The van der Waals surface area contributed by atoms with Crippen molar-refractivity contribution in [3.63, 3.8) is 0 Å². The van der Waals surface area contributed by atoms with E-state index in [1.165, 1.54) is 0 Å². The predicted octanol–water partition coefficient (Wildman–Crippen LogP) is 4.27. The number of hydrogen-bond donors (Lipinski definition) is 2. The van der Waals surface area contributed by atoms with E-state index in [9.17, 15) is 4.79 Å². The van der Waals surface area contributed by atoms with Gasteiger partial charge in [0.15, 0.2) is 0 Å². The Morgan fingerprint density at radius 3 is 2.40 bits per heavy atom. The van der Waals surface area contributed by atoms with Crippen LogP contribution in [0.15, 0.2) is 42.5 Å². The molecule has 0 aliphatic carbocycles. The molecule has 2 rings (SSSR count). The van der Waals surface area contributed by atoms with Gasteiger partial charge in [-0.3, -0.25) is 4.79 Å². The Labute approximate surface area is 127 Å². The molecule has 1 amide bonds. The summed E-state index contributed by atoms with van der Waals surface area (Å²) in [5, 5.41) is 4.37. The molecule has 1 unspecified atom stereocenters. The Hall–Kier alpha value is -1.71. The molecular formula is C15H14Cl2N2O. The van der Waals surface area contributed by atoms with Crippen molar-refractivity contribution in [3.05, 3.63) is 63.6 Å². The summed E-state index contributed by atoms with van der Waals surface area (Å²) >= 11 is 12.2. The van der Waals surface area contributed by atoms with Crippen LogP contribution in [-0.2, 0) is 0 Å². The average Bonchev–Trinajstić information content (AvgIpc) is 2.42. The van der Waals surface area contributed by atoms with E-state index in [0.717, 1.165) is 11.3 Å². The van der Waals surface area contributed by atoms with Gasteiger partial charge in [0.25, 0.3) is 0 Å². The lowest BCUT2D eigenvalue weighted by molar-refractivity contribution is 0.100. The Morgan fingerprint density at radius 2 is 1.80 bits per heavy atom. The van der Waals surface area contributed by atoms with Crippen LogP contribution >= 0.6 is 23.2 Å². The van der Waals surface area contributed by atoms with Crippen LogP contribution in [0.25, 0.3) is 0 Å². The normalized spacial score (nSPS) is 11.9. The van der Waals surface area contributed by atoms with Crippen LogP contribution in [0.4, 0.5) is 5.69 Å². The minimum absolute atomic E-state index is 0.0133. The zero-order chi connectivity index (χ0) is 14.7. The quantitative estimate of drug-likeness (QED) is 0.886. The van der Waals surface area contributed by atoms with Gasteiger partial charge in [-0.25, -0.2) is 0 Å². The highest BCUT2D eigenvalue weighted by Crippen LogP contribution is 2.31. The number of hydrogen-bond acceptors (Lipinski definition) is 2. The molecular weight excluding hydrogens is 295 g/mol. The van der Waals surface area contributed by atoms with Gasteiger partial charge in [0, 0.05) is 11.3 Å². The van der Waals surface area contributed by atoms with Crippen LogP contribution in [0.3, 0.4) is 0 Å². The zero-order valence-corrected chi connectivity index (χ0v) is 12.4. The van der Waals surface area contributed by atoms with Crippen molar-refractivity contribution in [2.45, 2.75) is 13.0 Å². The monoisotopic (exact) mass is 308 g/mol. The molecule has 0 saturated heterocycles. The number of nitrogens with two attached hydrogens (primary N) is 1. The lowest BCUT2D eigenvalue weighted by Crippen LogP contribution is -2.11. The van der Waals surface area contributed by atoms with E-state index < -0.39 is 5.91 Å². The summed E-state index contributed by atoms with van der Waals surface area (Å²) in [5.74, 6) is -0.442. The van der Waals surface area contributed by atoms with Gasteiger partial charge in [0.05, 0.1) is 16.1 Å². The minimum Gasteiger partial charge on any atom is -0.378 e. The number of halogens is 2. The maximum Gasteiger partial charge on any atom is 0.248 e. The summed E-state index contributed by atoms with van der Waals surface area (Å²) in [6.45, 7) is 1.99. The standard InChI is InChI=1S/C15H14Cl2N2O/c1-9(12-3-2-4-13(16)14(12)17)19-11-7-5-10(6-8-11)15(18)20/h2-9,19H,1H3,(H2,18,20). The van der Waals surface area contributed by atoms with E-state index in [2.05, 4.69) is 5.32 Å². The molecule has 0 bridgehead atoms. The zero-order valence-electron chi connectivity index (χ0n) is 10.9. The number of nitrogens with one attached hydrogen (secondary N) is 1. The third-order valence-corrected chi connectivity index (χ3v) is 3.83. The molecule has 0 heterocycles. The first-order chi connectivity index (χ1) is 9.49. The van der Waals surface area contributed by atoms with Crippen molar-refractivity contribution in [2.24, 2.45) is 5.73 Å². The molecule has 0 saturated carbocycles. The lowest BCUT2D eigenvalue weighted by Gasteiger charge is -2.17. The summed E-state index contributed by atoms with van der Waals surface area (Å²) in [4.78, 5) is 11.0. The van der Waals surface area contributed by atoms with Gasteiger partial charge in [-0.05, 0) is 42.8 Å². The summed E-state index contributed by atoms with van der Waals surface area (Å²) in [6.07, 6.45) is 0. The summed E-state index contributed by atoms with van der Waals surface area (Å²) in [7, 11) is 0. The molecule has 0 aliphatic heterocycles. The second kappa shape index (κ2) is 6.16. The SMILES string of the molecule is CC(Nc1ccc(C(N)=O)cc1)c1cccc(Cl)c1Cl. The number of carbonyl (C=O) groups excluding carboxylic acids is 1. The maximum atomic E-state index is 11.0. The molecule has 1 atom stereocenters. The van der Waals surface area contributed by atoms with Crippen molar-refractivity contribution in [1.29, 1.82) is 0 Å². The van der Waals surface area contributed by atoms with Gasteiger partial charge in [0.2, 0.25) is 5.91 Å². The van der Waals surface area contributed by atoms with Crippen molar-refractivity contribution >= 4 is 34.8 Å². The molecule has 0 radical (unpaired) electrons. The second-order valence-electron chi connectivity index (χ2n) is 4.45. The molecule has 0 spiro atoms. The van der Waals surface area contributed by atoms with Crippen LogP contribution in [0.5, 0.6) is 0 Å². The average molecular weight is 309 g/mol. The van der Waals surface area contributed by atoms with Crippen LogP contribution in [0.1, 0.15) is 28.9 Å². The van der Waals surface area contributed by atoms with Gasteiger partial charge in [-0.15, -0.1) is 0 Å². The number of carbonyl (C=O) groups is 1. The Bertz CT molecular complexity index is 626. The van der Waals surface area contributed by atoms with E-state index in [0.29, 0.717) is 15.6 Å². The van der Waals surface area contributed by atoms with Crippen LogP contribution in [0.2, 0.25) is 10.0 Å². The first-order valence-electron chi connectivity index (χ1n) is 6.09. The van der Waals surface area contributed by atoms with E-state index in [4.69, 9.17) is 28.9 Å². The van der Waals surface area contributed by atoms with E-state index >= 15 is 0 Å². The molecule has 3 nitrogen and oxygen atoms in total. The molecule has 5 heteroatoms. The highest BCUT2D eigenvalue weighted by molar-refractivity contribution is 6.42. The number of benzene rings is 2. The molecule has 0 fully saturated rings. The van der Waals surface area contributed by atoms with E-state index in [-0.39, 0.29) is 6.04 Å². The Balaban J connectivity index is 2.17. The third kappa shape index (κ3) is 3.24. The maximum absolute atomic E-state index is 11.0. The molecule has 3 N–H and O–H groups in total. The van der Waals surface area contributed by atoms with Gasteiger partial charge < -0.3 is 11.1 Å². The smallest absolute Gasteiger partial charge is 0.248 e. The fraction of sp³-hybridized carbons (Fsp3) is 0.133. The minimum atomic E-state index is -0.442. The van der Waals surface area contributed by atoms with Crippen molar-refractivity contribution in [2.75, 3.05) is 5.32 Å². The summed E-state index contributed by atoms with van der Waals surface area (Å²) in [5.41, 5.74) is 7.47.